The van der Waals surface area contributed by atoms with Crippen LogP contribution in [0.4, 0.5) is 5.69 Å². The van der Waals surface area contributed by atoms with E-state index in [0.29, 0.717) is 17.8 Å². The zero-order valence-corrected chi connectivity index (χ0v) is 15.2. The van der Waals surface area contributed by atoms with E-state index >= 15 is 0 Å². The number of carbonyl (C=O) groups excluding carboxylic acids is 2. The summed E-state index contributed by atoms with van der Waals surface area (Å²) in [4.78, 5) is 24.5. The number of anilines is 1. The van der Waals surface area contributed by atoms with Gasteiger partial charge in [0.25, 0.3) is 5.91 Å². The Bertz CT molecular complexity index is 1020. The van der Waals surface area contributed by atoms with Crippen molar-refractivity contribution in [3.8, 4) is 6.07 Å². The van der Waals surface area contributed by atoms with Gasteiger partial charge in [-0.05, 0) is 30.7 Å². The number of esters is 1. The Kier molecular flexibility index (Phi) is 5.82. The molecule has 0 aliphatic heterocycles. The smallest absolute Gasteiger partial charge is 0.342 e. The highest BCUT2D eigenvalue weighted by Crippen LogP contribution is 2.12. The highest BCUT2D eigenvalue weighted by molar-refractivity contribution is 5.97. The maximum absolute atomic E-state index is 12.3. The van der Waals surface area contributed by atoms with E-state index in [0.717, 1.165) is 5.56 Å². The summed E-state index contributed by atoms with van der Waals surface area (Å²) in [5.74, 6) is -1.12. The molecule has 0 saturated carbocycles. The fraction of sp³-hybridized carbons (Fsp3) is 0.143. The summed E-state index contributed by atoms with van der Waals surface area (Å²) in [5, 5.41) is 15.7. The van der Waals surface area contributed by atoms with Gasteiger partial charge in [-0.15, -0.1) is 0 Å². The van der Waals surface area contributed by atoms with Gasteiger partial charge in [-0.3, -0.25) is 9.48 Å². The molecule has 3 rings (SSSR count). The van der Waals surface area contributed by atoms with Gasteiger partial charge < -0.3 is 10.1 Å². The lowest BCUT2D eigenvalue weighted by Crippen LogP contribution is -2.29. The van der Waals surface area contributed by atoms with Crippen molar-refractivity contribution in [3.63, 3.8) is 0 Å². The first-order chi connectivity index (χ1) is 13.5. The summed E-state index contributed by atoms with van der Waals surface area (Å²) in [6.07, 6.45) is 1.98. The van der Waals surface area contributed by atoms with E-state index in [1.165, 1.54) is 13.1 Å². The summed E-state index contributed by atoms with van der Waals surface area (Å²) in [6.45, 7) is 2.01. The van der Waals surface area contributed by atoms with E-state index in [9.17, 15) is 9.59 Å². The average molecular weight is 374 g/mol. The maximum Gasteiger partial charge on any atom is 0.342 e. The molecule has 140 valence electrons. The monoisotopic (exact) mass is 374 g/mol. The highest BCUT2D eigenvalue weighted by Gasteiger charge is 2.20. The summed E-state index contributed by atoms with van der Waals surface area (Å²) in [7, 11) is 0. The molecule has 0 radical (unpaired) electrons. The van der Waals surface area contributed by atoms with E-state index < -0.39 is 18.0 Å². The van der Waals surface area contributed by atoms with E-state index in [2.05, 4.69) is 10.4 Å². The number of amides is 1. The van der Waals surface area contributed by atoms with Gasteiger partial charge in [-0.1, -0.05) is 36.4 Å². The molecular formula is C21H18N4O3. The van der Waals surface area contributed by atoms with Crippen LogP contribution in [0.15, 0.2) is 67.0 Å². The fourth-order valence-corrected chi connectivity index (χ4v) is 2.52. The molecule has 1 amide bonds. The molecule has 1 unspecified atom stereocenters. The molecule has 1 N–H and O–H groups in total. The van der Waals surface area contributed by atoms with Crippen LogP contribution in [0.2, 0.25) is 0 Å². The Balaban J connectivity index is 1.58. The van der Waals surface area contributed by atoms with E-state index in [4.69, 9.17) is 10.00 Å². The van der Waals surface area contributed by atoms with Crippen LogP contribution < -0.4 is 5.32 Å². The minimum absolute atomic E-state index is 0.266. The molecule has 1 aromatic heterocycles. The second-order valence-corrected chi connectivity index (χ2v) is 6.14. The fourth-order valence-electron chi connectivity index (χ4n) is 2.52. The molecule has 7 nitrogen and oxygen atoms in total. The van der Waals surface area contributed by atoms with E-state index in [1.807, 2.05) is 36.4 Å². The van der Waals surface area contributed by atoms with Gasteiger partial charge in [-0.25, -0.2) is 4.79 Å². The van der Waals surface area contributed by atoms with Gasteiger partial charge in [0, 0.05) is 11.9 Å². The minimum atomic E-state index is -1.00. The van der Waals surface area contributed by atoms with Crippen LogP contribution in [0.1, 0.15) is 28.4 Å². The van der Waals surface area contributed by atoms with E-state index in [-0.39, 0.29) is 5.56 Å². The normalized spacial score (nSPS) is 11.3. The van der Waals surface area contributed by atoms with Gasteiger partial charge >= 0.3 is 5.97 Å². The van der Waals surface area contributed by atoms with Crippen molar-refractivity contribution in [2.75, 3.05) is 5.32 Å². The number of hydrogen-bond donors (Lipinski definition) is 1. The zero-order chi connectivity index (χ0) is 19.9. The van der Waals surface area contributed by atoms with Gasteiger partial charge in [0.2, 0.25) is 0 Å². The van der Waals surface area contributed by atoms with Gasteiger partial charge in [0.05, 0.1) is 29.9 Å². The summed E-state index contributed by atoms with van der Waals surface area (Å²) >= 11 is 0. The lowest BCUT2D eigenvalue weighted by atomic mass is 10.2. The molecule has 0 spiro atoms. The Morgan fingerprint density at radius 2 is 2.00 bits per heavy atom. The van der Waals surface area contributed by atoms with Crippen molar-refractivity contribution in [1.29, 1.82) is 5.26 Å². The van der Waals surface area contributed by atoms with Crippen LogP contribution >= 0.6 is 0 Å². The first-order valence-corrected chi connectivity index (χ1v) is 8.63. The third-order valence-electron chi connectivity index (χ3n) is 3.97. The number of nitrogens with one attached hydrogen (secondary N) is 1. The topological polar surface area (TPSA) is 97.0 Å². The summed E-state index contributed by atoms with van der Waals surface area (Å²) in [5.41, 5.74) is 2.20. The van der Waals surface area contributed by atoms with Crippen molar-refractivity contribution >= 4 is 17.6 Å². The number of rotatable bonds is 6. The number of nitrogens with zero attached hydrogens (tertiary/aromatic N) is 3. The van der Waals surface area contributed by atoms with Crippen molar-refractivity contribution in [3.05, 3.63) is 83.7 Å². The number of aromatic nitrogens is 2. The quantitative estimate of drug-likeness (QED) is 0.669. The average Bonchev–Trinajstić information content (AvgIpc) is 3.17. The van der Waals surface area contributed by atoms with E-state index in [1.54, 1.807) is 35.1 Å². The first kappa shape index (κ1) is 18.9. The third kappa shape index (κ3) is 4.83. The number of benzene rings is 2. The molecule has 0 saturated heterocycles. The standard InChI is InChI=1S/C21H18N4O3/c1-15(20(26)24-19-9-5-8-17(10-19)11-22)28-21(27)18-12-23-25(14-18)13-16-6-3-2-4-7-16/h2-10,12,14-15H,13H2,1H3,(H,24,26). The van der Waals surface area contributed by atoms with Crippen molar-refractivity contribution in [2.24, 2.45) is 0 Å². The molecular weight excluding hydrogens is 356 g/mol. The number of carbonyl (C=O) groups is 2. The molecule has 2 aromatic carbocycles. The molecule has 28 heavy (non-hydrogen) atoms. The largest absolute Gasteiger partial charge is 0.449 e. The highest BCUT2D eigenvalue weighted by atomic mass is 16.5. The lowest BCUT2D eigenvalue weighted by molar-refractivity contribution is -0.123. The van der Waals surface area contributed by atoms with Gasteiger partial charge in [0.15, 0.2) is 6.10 Å². The van der Waals surface area contributed by atoms with Crippen molar-refractivity contribution in [1.82, 2.24) is 9.78 Å². The Hall–Kier alpha value is -3.92. The predicted octanol–water partition coefficient (Wildman–Crippen LogP) is 2.99. The van der Waals surface area contributed by atoms with Crippen LogP contribution in [0.5, 0.6) is 0 Å². The Morgan fingerprint density at radius 3 is 2.75 bits per heavy atom. The van der Waals surface area contributed by atoms with Crippen molar-refractivity contribution in [2.45, 2.75) is 19.6 Å². The molecule has 0 aliphatic carbocycles. The SMILES string of the molecule is CC(OC(=O)c1cnn(Cc2ccccc2)c1)C(=O)Nc1cccc(C#N)c1. The van der Waals surface area contributed by atoms with Crippen LogP contribution in [0.3, 0.4) is 0 Å². The number of hydrogen-bond acceptors (Lipinski definition) is 5. The molecule has 0 bridgehead atoms. The second kappa shape index (κ2) is 8.64. The first-order valence-electron chi connectivity index (χ1n) is 8.63. The predicted molar refractivity (Wildman–Crippen MR) is 102 cm³/mol. The zero-order valence-electron chi connectivity index (χ0n) is 15.2. The minimum Gasteiger partial charge on any atom is -0.449 e. The van der Waals surface area contributed by atoms with Crippen LogP contribution in [0.25, 0.3) is 0 Å². The molecule has 3 aromatic rings. The summed E-state index contributed by atoms with van der Waals surface area (Å²) < 4.78 is 6.85. The van der Waals surface area contributed by atoms with Crippen LogP contribution in [-0.2, 0) is 16.1 Å². The van der Waals surface area contributed by atoms with Gasteiger partial charge in [0.1, 0.15) is 0 Å². The Labute approximate surface area is 162 Å². The molecule has 1 heterocycles. The number of ether oxygens (including phenoxy) is 1. The molecule has 0 aliphatic rings. The molecule has 0 fully saturated rings. The van der Waals surface area contributed by atoms with Gasteiger partial charge in [-0.2, -0.15) is 10.4 Å². The van der Waals surface area contributed by atoms with Crippen LogP contribution in [-0.4, -0.2) is 27.8 Å². The Morgan fingerprint density at radius 1 is 1.21 bits per heavy atom. The maximum atomic E-state index is 12.3. The van der Waals surface area contributed by atoms with Crippen molar-refractivity contribution < 1.29 is 14.3 Å². The third-order valence-corrected chi connectivity index (χ3v) is 3.97. The number of nitriles is 1. The molecule has 1 atom stereocenters. The van der Waals surface area contributed by atoms with Crippen LogP contribution in [0, 0.1) is 11.3 Å². The summed E-state index contributed by atoms with van der Waals surface area (Å²) in [6, 6.07) is 18.2. The lowest BCUT2D eigenvalue weighted by Gasteiger charge is -2.13. The molecule has 7 heteroatoms. The second-order valence-electron chi connectivity index (χ2n) is 6.14.